The topological polar surface area (TPSA) is 75.8 Å². The number of hydrogen-bond donors (Lipinski definition) is 1. The van der Waals surface area contributed by atoms with Crippen LogP contribution in [0.15, 0.2) is 30.7 Å². The second-order valence-electron chi connectivity index (χ2n) is 5.69. The third-order valence-corrected chi connectivity index (χ3v) is 4.30. The standard InChI is InChI=1S/C17H21N5O/c1-2-22-8-7-19-17(22)16(14-5-9-23-10-6-14)21-15-4-3-13(11-18)12-20-15/h3-4,7-8,12,14,16H,2,5-6,9-10H2,1H3,(H,20,21). The molecule has 0 bridgehead atoms. The summed E-state index contributed by atoms with van der Waals surface area (Å²) in [5.41, 5.74) is 0.563. The number of anilines is 1. The predicted molar refractivity (Wildman–Crippen MR) is 86.8 cm³/mol. The van der Waals surface area contributed by atoms with Gasteiger partial charge >= 0.3 is 0 Å². The van der Waals surface area contributed by atoms with Crippen LogP contribution in [0.2, 0.25) is 0 Å². The highest BCUT2D eigenvalue weighted by Gasteiger charge is 2.28. The minimum atomic E-state index is 0.0919. The number of nitrogens with one attached hydrogen (secondary N) is 1. The molecule has 2 aromatic rings. The second kappa shape index (κ2) is 7.25. The summed E-state index contributed by atoms with van der Waals surface area (Å²) in [7, 11) is 0. The van der Waals surface area contributed by atoms with Crippen LogP contribution >= 0.6 is 0 Å². The molecule has 120 valence electrons. The number of pyridine rings is 1. The number of nitrogens with zero attached hydrogens (tertiary/aromatic N) is 4. The van der Waals surface area contributed by atoms with Crippen molar-refractivity contribution < 1.29 is 4.74 Å². The SMILES string of the molecule is CCn1ccnc1C(Nc1ccc(C#N)cn1)C1CCOCC1. The summed E-state index contributed by atoms with van der Waals surface area (Å²) in [5.74, 6) is 2.26. The molecular weight excluding hydrogens is 290 g/mol. The zero-order valence-electron chi connectivity index (χ0n) is 13.3. The Kier molecular flexibility index (Phi) is 4.89. The van der Waals surface area contributed by atoms with Gasteiger partial charge in [0.25, 0.3) is 0 Å². The molecule has 1 fully saturated rings. The summed E-state index contributed by atoms with van der Waals surface area (Å²) in [5, 5.41) is 12.4. The zero-order valence-corrected chi connectivity index (χ0v) is 13.3. The fraction of sp³-hybridized carbons (Fsp3) is 0.471. The molecule has 0 radical (unpaired) electrons. The monoisotopic (exact) mass is 311 g/mol. The number of ether oxygens (including phenoxy) is 1. The Bertz CT molecular complexity index is 667. The summed E-state index contributed by atoms with van der Waals surface area (Å²) in [6, 6.07) is 5.82. The van der Waals surface area contributed by atoms with Crippen LogP contribution in [-0.2, 0) is 11.3 Å². The fourth-order valence-electron chi connectivity index (χ4n) is 3.01. The summed E-state index contributed by atoms with van der Waals surface area (Å²) in [6.45, 7) is 4.58. The van der Waals surface area contributed by atoms with Gasteiger partial charge in [-0.05, 0) is 37.8 Å². The van der Waals surface area contributed by atoms with Crippen LogP contribution in [-0.4, -0.2) is 27.7 Å². The molecule has 6 nitrogen and oxygen atoms in total. The number of hydrogen-bond acceptors (Lipinski definition) is 5. The first kappa shape index (κ1) is 15.5. The average Bonchev–Trinajstić information content (AvgIpc) is 3.09. The maximum absolute atomic E-state index is 8.90. The quantitative estimate of drug-likeness (QED) is 0.919. The van der Waals surface area contributed by atoms with Crippen LogP contribution in [0.4, 0.5) is 5.82 Å². The molecule has 23 heavy (non-hydrogen) atoms. The van der Waals surface area contributed by atoms with Gasteiger partial charge in [-0.3, -0.25) is 0 Å². The summed E-state index contributed by atoms with van der Waals surface area (Å²) in [4.78, 5) is 8.92. The van der Waals surface area contributed by atoms with E-state index in [0.29, 0.717) is 11.5 Å². The van der Waals surface area contributed by atoms with Gasteiger partial charge in [0.05, 0.1) is 11.6 Å². The Morgan fingerprint density at radius 1 is 1.39 bits per heavy atom. The molecule has 0 amide bonds. The Morgan fingerprint density at radius 2 is 2.22 bits per heavy atom. The zero-order chi connectivity index (χ0) is 16.1. The van der Waals surface area contributed by atoms with Crippen molar-refractivity contribution in [3.63, 3.8) is 0 Å². The third kappa shape index (κ3) is 3.51. The molecule has 0 aliphatic carbocycles. The van der Waals surface area contributed by atoms with Crippen molar-refractivity contribution in [2.45, 2.75) is 32.4 Å². The molecule has 6 heteroatoms. The highest BCUT2D eigenvalue weighted by atomic mass is 16.5. The van der Waals surface area contributed by atoms with E-state index in [1.54, 1.807) is 12.3 Å². The van der Waals surface area contributed by atoms with E-state index >= 15 is 0 Å². The van der Waals surface area contributed by atoms with Gasteiger partial charge in [0.2, 0.25) is 0 Å². The molecular formula is C17H21N5O. The van der Waals surface area contributed by atoms with Crippen molar-refractivity contribution in [2.75, 3.05) is 18.5 Å². The van der Waals surface area contributed by atoms with Crippen LogP contribution in [0.1, 0.15) is 37.2 Å². The minimum absolute atomic E-state index is 0.0919. The molecule has 1 N–H and O–H groups in total. The van der Waals surface area contributed by atoms with E-state index in [1.807, 2.05) is 18.5 Å². The molecule has 1 aliphatic rings. The van der Waals surface area contributed by atoms with E-state index in [2.05, 4.69) is 32.8 Å². The van der Waals surface area contributed by atoms with Crippen molar-refractivity contribution in [1.29, 1.82) is 5.26 Å². The van der Waals surface area contributed by atoms with Crippen molar-refractivity contribution >= 4 is 5.82 Å². The first-order valence-corrected chi connectivity index (χ1v) is 8.03. The van der Waals surface area contributed by atoms with Crippen LogP contribution in [0.5, 0.6) is 0 Å². The van der Waals surface area contributed by atoms with Gasteiger partial charge in [0.1, 0.15) is 17.7 Å². The Balaban J connectivity index is 1.86. The van der Waals surface area contributed by atoms with Crippen molar-refractivity contribution in [3.05, 3.63) is 42.1 Å². The van der Waals surface area contributed by atoms with Gasteiger partial charge < -0.3 is 14.6 Å². The highest BCUT2D eigenvalue weighted by Crippen LogP contribution is 2.32. The summed E-state index contributed by atoms with van der Waals surface area (Å²) in [6.07, 6.45) is 7.46. The van der Waals surface area contributed by atoms with E-state index in [9.17, 15) is 0 Å². The first-order chi connectivity index (χ1) is 11.3. The molecule has 1 atom stereocenters. The molecule has 0 spiro atoms. The number of imidazole rings is 1. The van der Waals surface area contributed by atoms with Crippen molar-refractivity contribution in [3.8, 4) is 6.07 Å². The van der Waals surface area contributed by atoms with Gasteiger partial charge in [-0.2, -0.15) is 5.26 Å². The van der Waals surface area contributed by atoms with E-state index < -0.39 is 0 Å². The van der Waals surface area contributed by atoms with Crippen molar-refractivity contribution in [2.24, 2.45) is 5.92 Å². The lowest BCUT2D eigenvalue weighted by Crippen LogP contribution is -2.29. The fourth-order valence-corrected chi connectivity index (χ4v) is 3.01. The molecule has 2 aromatic heterocycles. The smallest absolute Gasteiger partial charge is 0.131 e. The van der Waals surface area contributed by atoms with Crippen LogP contribution in [0.25, 0.3) is 0 Å². The summed E-state index contributed by atoms with van der Waals surface area (Å²) < 4.78 is 7.66. The largest absolute Gasteiger partial charge is 0.381 e. The lowest BCUT2D eigenvalue weighted by molar-refractivity contribution is 0.0593. The normalized spacial score (nSPS) is 16.7. The van der Waals surface area contributed by atoms with E-state index in [0.717, 1.165) is 44.2 Å². The lowest BCUT2D eigenvalue weighted by atomic mass is 9.91. The van der Waals surface area contributed by atoms with Crippen LogP contribution in [0, 0.1) is 17.2 Å². The van der Waals surface area contributed by atoms with Crippen molar-refractivity contribution in [1.82, 2.24) is 14.5 Å². The Hall–Kier alpha value is -2.39. The molecule has 1 unspecified atom stereocenters. The molecule has 0 aromatic carbocycles. The number of nitriles is 1. The van der Waals surface area contributed by atoms with E-state index in [4.69, 9.17) is 10.00 Å². The second-order valence-corrected chi connectivity index (χ2v) is 5.69. The van der Waals surface area contributed by atoms with Gasteiger partial charge in [0, 0.05) is 38.3 Å². The molecule has 3 heterocycles. The third-order valence-electron chi connectivity index (χ3n) is 4.30. The molecule has 1 aliphatic heterocycles. The Labute approximate surface area is 136 Å². The highest BCUT2D eigenvalue weighted by molar-refractivity contribution is 5.40. The minimum Gasteiger partial charge on any atom is -0.381 e. The van der Waals surface area contributed by atoms with Crippen LogP contribution in [0.3, 0.4) is 0 Å². The Morgan fingerprint density at radius 3 is 2.87 bits per heavy atom. The molecule has 3 rings (SSSR count). The molecule has 1 saturated heterocycles. The maximum atomic E-state index is 8.90. The number of aromatic nitrogens is 3. The van der Waals surface area contributed by atoms with Gasteiger partial charge in [-0.1, -0.05) is 0 Å². The summed E-state index contributed by atoms with van der Waals surface area (Å²) >= 11 is 0. The number of rotatable bonds is 5. The van der Waals surface area contributed by atoms with E-state index in [-0.39, 0.29) is 6.04 Å². The number of aryl methyl sites for hydroxylation is 1. The van der Waals surface area contributed by atoms with E-state index in [1.165, 1.54) is 0 Å². The maximum Gasteiger partial charge on any atom is 0.131 e. The van der Waals surface area contributed by atoms with Gasteiger partial charge in [-0.25, -0.2) is 9.97 Å². The predicted octanol–water partition coefficient (Wildman–Crippen LogP) is 2.75. The average molecular weight is 311 g/mol. The first-order valence-electron chi connectivity index (χ1n) is 8.03. The lowest BCUT2D eigenvalue weighted by Gasteiger charge is -2.31. The molecule has 0 saturated carbocycles. The van der Waals surface area contributed by atoms with Gasteiger partial charge in [0.15, 0.2) is 0 Å². The van der Waals surface area contributed by atoms with Crippen LogP contribution < -0.4 is 5.32 Å². The van der Waals surface area contributed by atoms with Gasteiger partial charge in [-0.15, -0.1) is 0 Å².